The molecule has 4 heteroatoms. The highest BCUT2D eigenvalue weighted by atomic mass is 19.1. The van der Waals surface area contributed by atoms with Gasteiger partial charge in [-0.15, -0.1) is 0 Å². The molecule has 0 aliphatic heterocycles. The normalized spacial score (nSPS) is 10.5. The number of rotatable bonds is 4. The maximum absolute atomic E-state index is 13.2. The van der Waals surface area contributed by atoms with E-state index in [1.807, 2.05) is 18.3 Å². The molecule has 0 amide bonds. The Morgan fingerprint density at radius 2 is 2.13 bits per heavy atom. The molecule has 1 aromatic carbocycles. The summed E-state index contributed by atoms with van der Waals surface area (Å²) in [6, 6.07) is 8.60. The SMILES string of the molecule is Fc1ccccc1CNCn1cccn1. The van der Waals surface area contributed by atoms with Gasteiger partial charge in [0.2, 0.25) is 0 Å². The van der Waals surface area contributed by atoms with Crippen LogP contribution in [0.1, 0.15) is 5.56 Å². The Bertz CT molecular complexity index is 412. The van der Waals surface area contributed by atoms with Crippen molar-refractivity contribution >= 4 is 0 Å². The zero-order valence-electron chi connectivity index (χ0n) is 8.23. The maximum Gasteiger partial charge on any atom is 0.127 e. The molecule has 0 aliphatic rings. The van der Waals surface area contributed by atoms with Crippen LogP contribution in [0.2, 0.25) is 0 Å². The second-order valence-corrected chi connectivity index (χ2v) is 3.22. The van der Waals surface area contributed by atoms with E-state index in [-0.39, 0.29) is 5.82 Å². The first-order valence-corrected chi connectivity index (χ1v) is 4.78. The molecule has 3 nitrogen and oxygen atoms in total. The van der Waals surface area contributed by atoms with Gasteiger partial charge in [0.1, 0.15) is 5.82 Å². The Balaban J connectivity index is 1.86. The summed E-state index contributed by atoms with van der Waals surface area (Å²) in [7, 11) is 0. The lowest BCUT2D eigenvalue weighted by molar-refractivity contribution is 0.499. The highest BCUT2D eigenvalue weighted by Crippen LogP contribution is 2.05. The molecular weight excluding hydrogens is 193 g/mol. The lowest BCUT2D eigenvalue weighted by Crippen LogP contribution is -2.18. The number of nitrogens with zero attached hydrogens (tertiary/aromatic N) is 2. The summed E-state index contributed by atoms with van der Waals surface area (Å²) in [5, 5.41) is 7.14. The van der Waals surface area contributed by atoms with Crippen molar-refractivity contribution in [3.63, 3.8) is 0 Å². The first kappa shape index (κ1) is 9.86. The largest absolute Gasteiger partial charge is 0.294 e. The van der Waals surface area contributed by atoms with Crippen LogP contribution in [-0.4, -0.2) is 9.78 Å². The van der Waals surface area contributed by atoms with Crippen molar-refractivity contribution in [3.8, 4) is 0 Å². The van der Waals surface area contributed by atoms with Crippen LogP contribution in [-0.2, 0) is 13.2 Å². The molecule has 2 rings (SSSR count). The minimum Gasteiger partial charge on any atom is -0.294 e. The van der Waals surface area contributed by atoms with E-state index < -0.39 is 0 Å². The molecule has 1 aromatic heterocycles. The van der Waals surface area contributed by atoms with Gasteiger partial charge in [0.15, 0.2) is 0 Å². The van der Waals surface area contributed by atoms with Crippen LogP contribution in [0.5, 0.6) is 0 Å². The summed E-state index contributed by atoms with van der Waals surface area (Å²) in [6.45, 7) is 1.09. The Kier molecular flexibility index (Phi) is 3.09. The zero-order valence-corrected chi connectivity index (χ0v) is 8.23. The molecule has 0 unspecified atom stereocenters. The molecule has 15 heavy (non-hydrogen) atoms. The number of benzene rings is 1. The molecule has 0 radical (unpaired) electrons. The molecule has 2 aromatic rings. The number of aromatic nitrogens is 2. The minimum atomic E-state index is -0.175. The van der Waals surface area contributed by atoms with Gasteiger partial charge in [-0.05, 0) is 12.1 Å². The Morgan fingerprint density at radius 1 is 1.27 bits per heavy atom. The standard InChI is InChI=1S/C11H12FN3/c12-11-5-2-1-4-10(11)8-13-9-15-7-3-6-14-15/h1-7,13H,8-9H2. The van der Waals surface area contributed by atoms with Crippen LogP contribution in [0.15, 0.2) is 42.7 Å². The number of hydrogen-bond acceptors (Lipinski definition) is 2. The summed E-state index contributed by atoms with van der Waals surface area (Å²) in [6.07, 6.45) is 3.57. The number of nitrogens with one attached hydrogen (secondary N) is 1. The molecule has 0 spiro atoms. The van der Waals surface area contributed by atoms with E-state index in [4.69, 9.17) is 0 Å². The predicted octanol–water partition coefficient (Wildman–Crippen LogP) is 1.77. The second-order valence-electron chi connectivity index (χ2n) is 3.22. The Hall–Kier alpha value is -1.68. The van der Waals surface area contributed by atoms with Crippen molar-refractivity contribution in [2.24, 2.45) is 0 Å². The molecule has 0 saturated heterocycles. The summed E-state index contributed by atoms with van der Waals surface area (Å²) in [5.41, 5.74) is 0.671. The van der Waals surface area contributed by atoms with Crippen molar-refractivity contribution in [2.75, 3.05) is 0 Å². The summed E-state index contributed by atoms with van der Waals surface area (Å²) >= 11 is 0. The fraction of sp³-hybridized carbons (Fsp3) is 0.182. The van der Waals surface area contributed by atoms with E-state index in [2.05, 4.69) is 10.4 Å². The quantitative estimate of drug-likeness (QED) is 0.824. The van der Waals surface area contributed by atoms with Gasteiger partial charge in [-0.3, -0.25) is 10.00 Å². The highest BCUT2D eigenvalue weighted by Gasteiger charge is 1.99. The maximum atomic E-state index is 13.2. The van der Waals surface area contributed by atoms with Crippen LogP contribution < -0.4 is 5.32 Å². The van der Waals surface area contributed by atoms with Gasteiger partial charge in [0.25, 0.3) is 0 Å². The molecule has 0 bridgehead atoms. The molecular formula is C11H12FN3. The van der Waals surface area contributed by atoms with Crippen molar-refractivity contribution < 1.29 is 4.39 Å². The van der Waals surface area contributed by atoms with Crippen molar-refractivity contribution in [1.29, 1.82) is 0 Å². The molecule has 1 N–H and O–H groups in total. The topological polar surface area (TPSA) is 29.9 Å². The summed E-state index contributed by atoms with van der Waals surface area (Å²) < 4.78 is 14.9. The summed E-state index contributed by atoms with van der Waals surface area (Å²) in [5.74, 6) is -0.175. The second kappa shape index (κ2) is 4.70. The van der Waals surface area contributed by atoms with E-state index in [0.29, 0.717) is 18.8 Å². The molecule has 0 atom stereocenters. The van der Waals surface area contributed by atoms with Crippen molar-refractivity contribution in [1.82, 2.24) is 15.1 Å². The lowest BCUT2D eigenvalue weighted by Gasteiger charge is -2.05. The molecule has 0 saturated carbocycles. The predicted molar refractivity (Wildman–Crippen MR) is 55.5 cm³/mol. The van der Waals surface area contributed by atoms with Crippen molar-refractivity contribution in [2.45, 2.75) is 13.2 Å². The third-order valence-electron chi connectivity index (χ3n) is 2.11. The smallest absolute Gasteiger partial charge is 0.127 e. The van der Waals surface area contributed by atoms with Gasteiger partial charge in [-0.25, -0.2) is 4.39 Å². The fourth-order valence-electron chi connectivity index (χ4n) is 1.34. The first-order chi connectivity index (χ1) is 7.36. The van der Waals surface area contributed by atoms with E-state index in [0.717, 1.165) is 0 Å². The van der Waals surface area contributed by atoms with E-state index >= 15 is 0 Å². The fourth-order valence-corrected chi connectivity index (χ4v) is 1.34. The van der Waals surface area contributed by atoms with E-state index in [9.17, 15) is 4.39 Å². The van der Waals surface area contributed by atoms with Gasteiger partial charge in [0, 0.05) is 24.5 Å². The third kappa shape index (κ3) is 2.63. The highest BCUT2D eigenvalue weighted by molar-refractivity contribution is 5.16. The molecule has 0 fully saturated rings. The molecule has 78 valence electrons. The van der Waals surface area contributed by atoms with Gasteiger partial charge in [-0.1, -0.05) is 18.2 Å². The number of hydrogen-bond donors (Lipinski definition) is 1. The average molecular weight is 205 g/mol. The Morgan fingerprint density at radius 3 is 2.87 bits per heavy atom. The van der Waals surface area contributed by atoms with Crippen LogP contribution in [0.4, 0.5) is 4.39 Å². The van der Waals surface area contributed by atoms with Gasteiger partial charge >= 0.3 is 0 Å². The zero-order chi connectivity index (χ0) is 10.5. The Labute approximate surface area is 87.5 Å². The van der Waals surface area contributed by atoms with Crippen LogP contribution in [0, 0.1) is 5.82 Å². The van der Waals surface area contributed by atoms with Crippen LogP contribution in [0.25, 0.3) is 0 Å². The minimum absolute atomic E-state index is 0.175. The van der Waals surface area contributed by atoms with Gasteiger partial charge in [0.05, 0.1) is 6.67 Å². The van der Waals surface area contributed by atoms with E-state index in [1.165, 1.54) is 6.07 Å². The van der Waals surface area contributed by atoms with E-state index in [1.54, 1.807) is 23.0 Å². The lowest BCUT2D eigenvalue weighted by atomic mass is 10.2. The monoisotopic (exact) mass is 205 g/mol. The van der Waals surface area contributed by atoms with Crippen molar-refractivity contribution in [3.05, 3.63) is 54.1 Å². The van der Waals surface area contributed by atoms with Crippen LogP contribution in [0.3, 0.4) is 0 Å². The average Bonchev–Trinajstić information content (AvgIpc) is 2.74. The molecule has 1 heterocycles. The number of halogens is 1. The van der Waals surface area contributed by atoms with Gasteiger partial charge < -0.3 is 0 Å². The third-order valence-corrected chi connectivity index (χ3v) is 2.11. The van der Waals surface area contributed by atoms with Gasteiger partial charge in [-0.2, -0.15) is 5.10 Å². The summed E-state index contributed by atoms with van der Waals surface area (Å²) in [4.78, 5) is 0. The molecule has 0 aliphatic carbocycles. The van der Waals surface area contributed by atoms with Crippen LogP contribution >= 0.6 is 0 Å². The first-order valence-electron chi connectivity index (χ1n) is 4.78.